The van der Waals surface area contributed by atoms with E-state index in [0.717, 1.165) is 42.5 Å². The summed E-state index contributed by atoms with van der Waals surface area (Å²) in [6, 6.07) is 11.2. The molecule has 7 N–H and O–H groups in total. The summed E-state index contributed by atoms with van der Waals surface area (Å²) >= 11 is 6.05. The molecule has 0 bridgehead atoms. The van der Waals surface area contributed by atoms with E-state index in [2.05, 4.69) is 35.8 Å². The van der Waals surface area contributed by atoms with Crippen LogP contribution in [-0.4, -0.2) is 91.9 Å². The van der Waals surface area contributed by atoms with E-state index < -0.39 is 121 Å². The minimum absolute atomic E-state index is 0.0359. The maximum Gasteiger partial charge on any atom is 0.296 e. The minimum atomic E-state index is -5.31. The number of sulfone groups is 1. The lowest BCUT2D eigenvalue weighted by Crippen LogP contribution is -2.16. The van der Waals surface area contributed by atoms with Gasteiger partial charge in [-0.2, -0.15) is 53.7 Å². The van der Waals surface area contributed by atoms with Crippen molar-refractivity contribution in [3.05, 3.63) is 72.0 Å². The molecule has 0 radical (unpaired) electrons. The minimum Gasteiger partial charge on any atom is -0.505 e. The van der Waals surface area contributed by atoms with Gasteiger partial charge < -0.3 is 15.7 Å². The molecule has 0 aliphatic carbocycles. The third-order valence-electron chi connectivity index (χ3n) is 6.99. The van der Waals surface area contributed by atoms with Gasteiger partial charge in [-0.15, -0.1) is 5.11 Å². The summed E-state index contributed by atoms with van der Waals surface area (Å²) in [7, 11) is -24.0. The van der Waals surface area contributed by atoms with Gasteiger partial charge in [0.05, 0.1) is 37.6 Å². The van der Waals surface area contributed by atoms with Crippen LogP contribution in [0.3, 0.4) is 0 Å². The highest BCUT2D eigenvalue weighted by Crippen LogP contribution is 2.45. The van der Waals surface area contributed by atoms with Crippen LogP contribution < -0.4 is 10.6 Å². The van der Waals surface area contributed by atoms with E-state index in [1.165, 1.54) is 18.2 Å². The predicted octanol–water partition coefficient (Wildman–Crippen LogP) is 3.69. The normalized spacial score (nSPS) is 13.0. The summed E-state index contributed by atoms with van der Waals surface area (Å²) in [5, 5.41) is 22.6. The Morgan fingerprint density at radius 1 is 0.636 bits per heavy atom. The molecule has 1 aromatic heterocycles. The van der Waals surface area contributed by atoms with Crippen molar-refractivity contribution in [2.75, 3.05) is 22.1 Å². The zero-order valence-electron chi connectivity index (χ0n) is 26.7. The predicted molar refractivity (Wildman–Crippen MR) is 192 cm³/mol. The Labute approximate surface area is 315 Å². The SMILES string of the molecule is O=S(=O)(O)CCS(=O)(=O)c1cccc(N=Nc2c(S(=O)(=O)O)cc3cc(S(=O)(=O)O)cc(Nc4nc(Cl)nc(Nc5cccc(S(=O)(=O)O)c5)n4)c3c2O)c1. The maximum atomic E-state index is 12.6. The van der Waals surface area contributed by atoms with Crippen molar-refractivity contribution in [1.82, 2.24) is 15.0 Å². The highest BCUT2D eigenvalue weighted by atomic mass is 35.5. The van der Waals surface area contributed by atoms with E-state index in [1.807, 2.05) is 0 Å². The number of anilines is 4. The summed E-state index contributed by atoms with van der Waals surface area (Å²) in [6.07, 6.45) is 0. The van der Waals surface area contributed by atoms with Crippen molar-refractivity contribution in [2.45, 2.75) is 19.6 Å². The van der Waals surface area contributed by atoms with Crippen molar-refractivity contribution in [1.29, 1.82) is 0 Å². The van der Waals surface area contributed by atoms with Crippen LogP contribution in [0.5, 0.6) is 5.75 Å². The van der Waals surface area contributed by atoms with Gasteiger partial charge in [-0.1, -0.05) is 12.1 Å². The molecule has 5 aromatic rings. The van der Waals surface area contributed by atoms with Crippen molar-refractivity contribution >= 4 is 107 Å². The van der Waals surface area contributed by atoms with Gasteiger partial charge in [-0.05, 0) is 71.6 Å². The molecule has 0 atom stereocenters. The highest BCUT2D eigenvalue weighted by molar-refractivity contribution is 7.93. The van der Waals surface area contributed by atoms with Gasteiger partial charge in [0.15, 0.2) is 15.6 Å². The van der Waals surface area contributed by atoms with E-state index in [9.17, 15) is 60.9 Å². The van der Waals surface area contributed by atoms with Gasteiger partial charge in [0, 0.05) is 11.1 Å². The third-order valence-corrected chi connectivity index (χ3v) is 12.4. The van der Waals surface area contributed by atoms with Crippen LogP contribution in [0.15, 0.2) is 96.5 Å². The highest BCUT2D eigenvalue weighted by Gasteiger charge is 2.26. The lowest BCUT2D eigenvalue weighted by molar-refractivity contribution is 0.472. The Morgan fingerprint density at radius 3 is 1.87 bits per heavy atom. The Hall–Kier alpha value is -4.97. The molecule has 0 unspecified atom stereocenters. The van der Waals surface area contributed by atoms with E-state index in [0.29, 0.717) is 6.07 Å². The molecule has 0 amide bonds. The van der Waals surface area contributed by atoms with Crippen LogP contribution in [0.1, 0.15) is 0 Å². The molecule has 0 saturated carbocycles. The number of hydrogen-bond acceptors (Lipinski definition) is 18. The van der Waals surface area contributed by atoms with Crippen LogP contribution >= 0.6 is 11.6 Å². The van der Waals surface area contributed by atoms with Gasteiger partial charge in [-0.3, -0.25) is 18.2 Å². The molecular formula is C27H22ClN7O15S5. The number of azo groups is 1. The van der Waals surface area contributed by atoms with Gasteiger partial charge in [0.1, 0.15) is 10.6 Å². The molecule has 1 heterocycles. The van der Waals surface area contributed by atoms with Gasteiger partial charge in [-0.25, -0.2) is 8.42 Å². The van der Waals surface area contributed by atoms with E-state index in [4.69, 9.17) is 16.2 Å². The molecule has 0 aliphatic rings. The van der Waals surface area contributed by atoms with E-state index >= 15 is 0 Å². The standard InChI is InChI=1S/C27H22ClN7O15S5/c28-25-31-26(29-15-3-1-6-18(11-15)53(42,43)44)33-27(32-25)30-20-13-19(54(45,46)47)9-14-10-21(55(48,49)50)23(24(36)22(14)20)35-34-16-4-2-5-17(12-16)51(37,38)7-8-52(39,40)41/h1-6,9-13,36H,7-8H2,(H,39,40,41)(H,42,43,44)(H,45,46,47)(H,48,49,50)(H2,29,30,31,32,33). The van der Waals surface area contributed by atoms with Crippen LogP contribution in [0.2, 0.25) is 5.28 Å². The average molecular weight is 880 g/mol. The first kappa shape index (κ1) is 41.2. The van der Waals surface area contributed by atoms with Crippen molar-refractivity contribution in [2.24, 2.45) is 10.2 Å². The maximum absolute atomic E-state index is 12.6. The number of benzene rings is 4. The Morgan fingerprint density at radius 2 is 1.25 bits per heavy atom. The topological polar surface area (TPSA) is 359 Å². The zero-order valence-corrected chi connectivity index (χ0v) is 31.6. The molecule has 0 spiro atoms. The zero-order chi connectivity index (χ0) is 40.7. The monoisotopic (exact) mass is 879 g/mol. The number of rotatable bonds is 13. The Bertz CT molecular complexity index is 2990. The number of hydrogen-bond donors (Lipinski definition) is 7. The second kappa shape index (κ2) is 14.9. The van der Waals surface area contributed by atoms with Crippen molar-refractivity contribution in [3.63, 3.8) is 0 Å². The van der Waals surface area contributed by atoms with Gasteiger partial charge in [0.2, 0.25) is 17.2 Å². The van der Waals surface area contributed by atoms with E-state index in [-0.39, 0.29) is 17.3 Å². The van der Waals surface area contributed by atoms with Crippen molar-refractivity contribution < 1.29 is 65.4 Å². The fourth-order valence-electron chi connectivity index (χ4n) is 4.63. The fourth-order valence-corrected chi connectivity index (χ4v) is 9.06. The molecule has 5 rings (SSSR count). The van der Waals surface area contributed by atoms with E-state index in [1.54, 1.807) is 0 Å². The second-order valence-electron chi connectivity index (χ2n) is 10.9. The number of aromatic hydroxyl groups is 1. The Kier molecular flexibility index (Phi) is 11.2. The van der Waals surface area contributed by atoms with Crippen LogP contribution in [0, 0.1) is 0 Å². The van der Waals surface area contributed by atoms with Gasteiger partial charge in [0.25, 0.3) is 40.5 Å². The quantitative estimate of drug-likeness (QED) is 0.0655. The molecule has 55 heavy (non-hydrogen) atoms. The molecule has 292 valence electrons. The first-order valence-corrected chi connectivity index (χ1v) is 22.3. The summed E-state index contributed by atoms with van der Waals surface area (Å²) in [4.78, 5) is 8.76. The average Bonchev–Trinajstić information content (AvgIpc) is 3.05. The molecule has 0 saturated heterocycles. The molecule has 22 nitrogen and oxygen atoms in total. The summed E-state index contributed by atoms with van der Waals surface area (Å²) in [5.41, 5.74) is -1.69. The smallest absolute Gasteiger partial charge is 0.296 e. The molecule has 0 fully saturated rings. The van der Waals surface area contributed by atoms with Crippen LogP contribution in [0.4, 0.5) is 34.6 Å². The summed E-state index contributed by atoms with van der Waals surface area (Å²) in [5.74, 6) is -4.07. The lowest BCUT2D eigenvalue weighted by Gasteiger charge is -2.15. The number of halogens is 1. The Balaban J connectivity index is 1.64. The second-order valence-corrected chi connectivity index (χ2v) is 19.2. The largest absolute Gasteiger partial charge is 0.505 e. The van der Waals surface area contributed by atoms with Crippen LogP contribution in [0.25, 0.3) is 10.8 Å². The number of fused-ring (bicyclic) bond motifs is 1. The summed E-state index contributed by atoms with van der Waals surface area (Å²) in [6.45, 7) is 0. The fraction of sp³-hybridized carbons (Fsp3) is 0.0741. The number of nitrogens with one attached hydrogen (secondary N) is 2. The first-order valence-electron chi connectivity index (χ1n) is 14.3. The van der Waals surface area contributed by atoms with Gasteiger partial charge >= 0.3 is 0 Å². The first-order chi connectivity index (χ1) is 25.3. The lowest BCUT2D eigenvalue weighted by atomic mass is 10.1. The number of nitrogens with zero attached hydrogens (tertiary/aromatic N) is 5. The third kappa shape index (κ3) is 10.2. The summed E-state index contributed by atoms with van der Waals surface area (Å²) < 4.78 is 158. The van der Waals surface area contributed by atoms with Crippen molar-refractivity contribution in [3.8, 4) is 5.75 Å². The number of phenols is 1. The molecular weight excluding hydrogens is 858 g/mol. The van der Waals surface area contributed by atoms with Crippen LogP contribution in [-0.2, 0) is 50.3 Å². The molecule has 0 aliphatic heterocycles. The number of phenolic OH excluding ortho intramolecular Hbond substituents is 1. The molecule has 28 heteroatoms. The number of aromatic nitrogens is 3. The molecule has 4 aromatic carbocycles.